The van der Waals surface area contributed by atoms with Crippen molar-refractivity contribution < 1.29 is 1.43 Å². The van der Waals surface area contributed by atoms with Crippen molar-refractivity contribution in [2.45, 2.75) is 0 Å². The van der Waals surface area contributed by atoms with Gasteiger partial charge in [-0.3, -0.25) is 4.98 Å². The van der Waals surface area contributed by atoms with Crippen LogP contribution < -0.4 is 5.73 Å². The summed E-state index contributed by atoms with van der Waals surface area (Å²) in [4.78, 5) is 4.22. The predicted molar refractivity (Wildman–Crippen MR) is 56.2 cm³/mol. The minimum atomic E-state index is 0. The number of aromatic nitrogens is 1. The fraction of sp³-hybridized carbons (Fsp3) is 0. The summed E-state index contributed by atoms with van der Waals surface area (Å²) in [6.07, 6.45) is 1.67. The lowest BCUT2D eigenvalue weighted by Gasteiger charge is -1.99. The summed E-state index contributed by atoms with van der Waals surface area (Å²) in [7, 11) is 0. The average molecular weight is 172 g/mol. The van der Waals surface area contributed by atoms with Gasteiger partial charge in [0.25, 0.3) is 0 Å². The fourth-order valence-electron chi connectivity index (χ4n) is 1.18. The Morgan fingerprint density at radius 2 is 1.77 bits per heavy atom. The summed E-state index contributed by atoms with van der Waals surface area (Å²) >= 11 is 0. The standard InChI is InChI=1S/C11H10N2.H2/c12-10-6-7-11(13-8-10)9-4-2-1-3-5-9;/h1-8H,12H2;1H. The highest BCUT2D eigenvalue weighted by Crippen LogP contribution is 2.16. The van der Waals surface area contributed by atoms with Gasteiger partial charge >= 0.3 is 0 Å². The first-order valence-electron chi connectivity index (χ1n) is 4.13. The Labute approximate surface area is 78.5 Å². The van der Waals surface area contributed by atoms with Gasteiger partial charge in [-0.1, -0.05) is 30.3 Å². The SMILES string of the molecule is Nc1ccc(-c2ccccc2)nc1.[HH]. The van der Waals surface area contributed by atoms with Gasteiger partial charge in [-0.05, 0) is 12.1 Å². The predicted octanol–water partition coefficient (Wildman–Crippen LogP) is 2.58. The van der Waals surface area contributed by atoms with Crippen molar-refractivity contribution in [2.24, 2.45) is 0 Å². The largest absolute Gasteiger partial charge is 0.397 e. The molecule has 2 nitrogen and oxygen atoms in total. The van der Waals surface area contributed by atoms with Gasteiger partial charge < -0.3 is 5.73 Å². The van der Waals surface area contributed by atoms with Gasteiger partial charge in [-0.15, -0.1) is 0 Å². The second-order valence-electron chi connectivity index (χ2n) is 2.84. The maximum atomic E-state index is 5.54. The van der Waals surface area contributed by atoms with Crippen LogP contribution in [-0.2, 0) is 0 Å². The van der Waals surface area contributed by atoms with Crippen LogP contribution in [-0.4, -0.2) is 4.98 Å². The molecule has 0 aliphatic heterocycles. The average Bonchev–Trinajstić information content (AvgIpc) is 2.20. The summed E-state index contributed by atoms with van der Waals surface area (Å²) < 4.78 is 0. The molecule has 66 valence electrons. The Hall–Kier alpha value is -1.83. The zero-order valence-electron chi connectivity index (χ0n) is 7.14. The first kappa shape index (κ1) is 7.80. The van der Waals surface area contributed by atoms with E-state index < -0.39 is 0 Å². The number of pyridine rings is 1. The number of nitrogen functional groups attached to an aromatic ring is 1. The molecule has 0 unspecified atom stereocenters. The van der Waals surface area contributed by atoms with Crippen LogP contribution in [0.25, 0.3) is 11.3 Å². The Balaban J connectivity index is 0.000000980. The molecular formula is C11H12N2. The van der Waals surface area contributed by atoms with Crippen LogP contribution >= 0.6 is 0 Å². The van der Waals surface area contributed by atoms with E-state index in [9.17, 15) is 0 Å². The van der Waals surface area contributed by atoms with E-state index in [0.717, 1.165) is 11.3 Å². The van der Waals surface area contributed by atoms with Crippen molar-refractivity contribution >= 4 is 5.69 Å². The van der Waals surface area contributed by atoms with Gasteiger partial charge in [0.15, 0.2) is 0 Å². The smallest absolute Gasteiger partial charge is 0.0703 e. The molecule has 0 aliphatic rings. The molecule has 0 saturated heterocycles. The quantitative estimate of drug-likeness (QED) is 0.718. The molecule has 0 amide bonds. The van der Waals surface area contributed by atoms with E-state index in [1.54, 1.807) is 6.20 Å². The second-order valence-corrected chi connectivity index (χ2v) is 2.84. The Morgan fingerprint density at radius 1 is 1.00 bits per heavy atom. The molecule has 2 heteroatoms. The highest BCUT2D eigenvalue weighted by molar-refractivity contribution is 5.60. The van der Waals surface area contributed by atoms with Crippen molar-refractivity contribution in [1.82, 2.24) is 4.98 Å². The fourth-order valence-corrected chi connectivity index (χ4v) is 1.18. The number of benzene rings is 1. The van der Waals surface area contributed by atoms with E-state index in [1.807, 2.05) is 42.5 Å². The second kappa shape index (κ2) is 3.27. The molecule has 0 bridgehead atoms. The lowest BCUT2D eigenvalue weighted by molar-refractivity contribution is 1.33. The maximum absolute atomic E-state index is 5.54. The Kier molecular flexibility index (Phi) is 1.96. The molecule has 0 saturated carbocycles. The lowest BCUT2D eigenvalue weighted by Crippen LogP contribution is -1.87. The van der Waals surface area contributed by atoms with Crippen molar-refractivity contribution in [1.29, 1.82) is 0 Å². The van der Waals surface area contributed by atoms with Crippen molar-refractivity contribution in [2.75, 3.05) is 5.73 Å². The van der Waals surface area contributed by atoms with Gasteiger partial charge in [0.1, 0.15) is 0 Å². The van der Waals surface area contributed by atoms with E-state index in [0.29, 0.717) is 5.69 Å². The molecule has 2 N–H and O–H groups in total. The number of rotatable bonds is 1. The highest BCUT2D eigenvalue weighted by atomic mass is 14.7. The molecule has 2 rings (SSSR count). The van der Waals surface area contributed by atoms with E-state index in [1.165, 1.54) is 0 Å². The van der Waals surface area contributed by atoms with E-state index in [4.69, 9.17) is 5.73 Å². The maximum Gasteiger partial charge on any atom is 0.0703 e. The van der Waals surface area contributed by atoms with E-state index >= 15 is 0 Å². The first-order valence-corrected chi connectivity index (χ1v) is 4.13. The molecule has 1 aromatic heterocycles. The van der Waals surface area contributed by atoms with E-state index in [-0.39, 0.29) is 1.43 Å². The number of hydrogen-bond acceptors (Lipinski definition) is 2. The molecular weight excluding hydrogens is 160 g/mol. The molecule has 13 heavy (non-hydrogen) atoms. The topological polar surface area (TPSA) is 38.9 Å². The zero-order chi connectivity index (χ0) is 9.10. The van der Waals surface area contributed by atoms with Crippen LogP contribution in [0.3, 0.4) is 0 Å². The number of anilines is 1. The zero-order valence-corrected chi connectivity index (χ0v) is 7.14. The normalized spacial score (nSPS) is 9.85. The van der Waals surface area contributed by atoms with Gasteiger partial charge in [-0.25, -0.2) is 0 Å². The highest BCUT2D eigenvalue weighted by Gasteiger charge is 1.95. The molecule has 1 aromatic carbocycles. The van der Waals surface area contributed by atoms with Crippen LogP contribution in [0.4, 0.5) is 5.69 Å². The van der Waals surface area contributed by atoms with Crippen molar-refractivity contribution in [3.05, 3.63) is 48.7 Å². The first-order chi connectivity index (χ1) is 6.36. The lowest BCUT2D eigenvalue weighted by atomic mass is 10.1. The summed E-state index contributed by atoms with van der Waals surface area (Å²) in [5.74, 6) is 0. The summed E-state index contributed by atoms with van der Waals surface area (Å²) in [5.41, 5.74) is 8.30. The molecule has 2 aromatic rings. The minimum Gasteiger partial charge on any atom is -0.397 e. The van der Waals surface area contributed by atoms with E-state index in [2.05, 4.69) is 4.98 Å². The van der Waals surface area contributed by atoms with Crippen LogP contribution in [0.5, 0.6) is 0 Å². The molecule has 0 fully saturated rings. The number of nitrogens with zero attached hydrogens (tertiary/aromatic N) is 1. The number of nitrogens with two attached hydrogens (primary N) is 1. The summed E-state index contributed by atoms with van der Waals surface area (Å²) in [6, 6.07) is 13.8. The van der Waals surface area contributed by atoms with Gasteiger partial charge in [0, 0.05) is 6.99 Å². The monoisotopic (exact) mass is 172 g/mol. The minimum absolute atomic E-state index is 0. The third kappa shape index (κ3) is 1.67. The third-order valence-corrected chi connectivity index (χ3v) is 1.86. The van der Waals surface area contributed by atoms with Gasteiger partial charge in [0.2, 0.25) is 0 Å². The van der Waals surface area contributed by atoms with Crippen molar-refractivity contribution in [3.63, 3.8) is 0 Å². The van der Waals surface area contributed by atoms with Gasteiger partial charge in [0.05, 0.1) is 17.6 Å². The van der Waals surface area contributed by atoms with Crippen LogP contribution in [0.15, 0.2) is 48.7 Å². The Bertz CT molecular complexity index is 384. The van der Waals surface area contributed by atoms with Crippen LogP contribution in [0, 0.1) is 0 Å². The molecule has 0 radical (unpaired) electrons. The Morgan fingerprint density at radius 3 is 2.38 bits per heavy atom. The number of hydrogen-bond donors (Lipinski definition) is 1. The molecule has 0 aliphatic carbocycles. The molecule has 1 heterocycles. The van der Waals surface area contributed by atoms with Gasteiger partial charge in [-0.2, -0.15) is 0 Å². The van der Waals surface area contributed by atoms with Crippen molar-refractivity contribution in [3.8, 4) is 11.3 Å². The van der Waals surface area contributed by atoms with Crippen LogP contribution in [0.1, 0.15) is 1.43 Å². The van der Waals surface area contributed by atoms with Crippen LogP contribution in [0.2, 0.25) is 0 Å². The summed E-state index contributed by atoms with van der Waals surface area (Å²) in [5, 5.41) is 0. The molecule has 0 atom stereocenters. The third-order valence-electron chi connectivity index (χ3n) is 1.86. The summed E-state index contributed by atoms with van der Waals surface area (Å²) in [6.45, 7) is 0. The molecule has 0 spiro atoms.